The van der Waals surface area contributed by atoms with Crippen molar-refractivity contribution < 1.29 is 13.9 Å². The van der Waals surface area contributed by atoms with E-state index in [-0.39, 0.29) is 5.82 Å². The second kappa shape index (κ2) is 5.92. The Balaban J connectivity index is 1.71. The first-order chi connectivity index (χ1) is 8.24. The van der Waals surface area contributed by atoms with Crippen LogP contribution in [0.2, 0.25) is 0 Å². The Hall–Kier alpha value is -1.22. The van der Waals surface area contributed by atoms with Crippen LogP contribution in [0, 0.1) is 11.7 Å². The lowest BCUT2D eigenvalue weighted by Gasteiger charge is -2.20. The largest absolute Gasteiger partial charge is 0.376 e. The Labute approximate surface area is 101 Å². The lowest BCUT2D eigenvalue weighted by atomic mass is 9.89. The Morgan fingerprint density at radius 3 is 2.76 bits per heavy atom. The van der Waals surface area contributed by atoms with E-state index in [1.165, 1.54) is 12.1 Å². The average Bonchev–Trinajstić information content (AvgIpc) is 2.32. The number of hydrogen-bond acceptors (Lipinski definition) is 2. The zero-order valence-corrected chi connectivity index (χ0v) is 9.82. The molecule has 1 fully saturated rings. The molecule has 0 bridgehead atoms. The number of carbonyl (C=O) groups is 1. The van der Waals surface area contributed by atoms with Gasteiger partial charge >= 0.3 is 0 Å². The highest BCUT2D eigenvalue weighted by Crippen LogP contribution is 2.21. The average molecular weight is 236 g/mol. The van der Waals surface area contributed by atoms with E-state index < -0.39 is 0 Å². The molecule has 2 rings (SSSR count). The number of ether oxygens (including phenoxy) is 1. The Morgan fingerprint density at radius 1 is 1.29 bits per heavy atom. The fraction of sp³-hybridized carbons (Fsp3) is 0.500. The molecule has 1 aromatic rings. The third-order valence-electron chi connectivity index (χ3n) is 3.17. The van der Waals surface area contributed by atoms with Crippen LogP contribution in [0.1, 0.15) is 31.2 Å². The van der Waals surface area contributed by atoms with Gasteiger partial charge in [0, 0.05) is 19.4 Å². The van der Waals surface area contributed by atoms with Crippen molar-refractivity contribution in [2.75, 3.05) is 6.61 Å². The van der Waals surface area contributed by atoms with E-state index in [2.05, 4.69) is 0 Å². The van der Waals surface area contributed by atoms with Crippen LogP contribution in [0.4, 0.5) is 4.39 Å². The SMILES string of the molecule is O=C1CCC(COCc2cccc(F)c2)CC1. The fourth-order valence-corrected chi connectivity index (χ4v) is 2.14. The third kappa shape index (κ3) is 3.93. The molecule has 0 N–H and O–H groups in total. The van der Waals surface area contributed by atoms with Gasteiger partial charge in [0.1, 0.15) is 11.6 Å². The second-order valence-electron chi connectivity index (χ2n) is 4.63. The normalized spacial score (nSPS) is 17.4. The van der Waals surface area contributed by atoms with Gasteiger partial charge in [-0.3, -0.25) is 4.79 Å². The van der Waals surface area contributed by atoms with Gasteiger partial charge in [0.25, 0.3) is 0 Å². The molecule has 0 radical (unpaired) electrons. The number of benzene rings is 1. The van der Waals surface area contributed by atoms with Crippen molar-refractivity contribution in [3.8, 4) is 0 Å². The standard InChI is InChI=1S/C14H17FO2/c15-13-3-1-2-12(8-13)10-17-9-11-4-6-14(16)7-5-11/h1-3,8,11H,4-7,9-10H2. The number of hydrogen-bond donors (Lipinski definition) is 0. The number of Topliss-reactive ketones (excluding diaryl/α,β-unsaturated/α-hetero) is 1. The summed E-state index contributed by atoms with van der Waals surface area (Å²) in [4.78, 5) is 11.1. The maximum absolute atomic E-state index is 12.9. The summed E-state index contributed by atoms with van der Waals surface area (Å²) in [6.45, 7) is 1.12. The summed E-state index contributed by atoms with van der Waals surface area (Å²) in [7, 11) is 0. The monoisotopic (exact) mass is 236 g/mol. The van der Waals surface area contributed by atoms with Gasteiger partial charge in [0.05, 0.1) is 6.61 Å². The van der Waals surface area contributed by atoms with Crippen LogP contribution >= 0.6 is 0 Å². The summed E-state index contributed by atoms with van der Waals surface area (Å²) < 4.78 is 18.5. The number of halogens is 1. The Morgan fingerprint density at radius 2 is 2.06 bits per heavy atom. The highest BCUT2D eigenvalue weighted by molar-refractivity contribution is 5.79. The molecule has 1 saturated carbocycles. The summed E-state index contributed by atoms with van der Waals surface area (Å²) in [5.74, 6) is 0.627. The quantitative estimate of drug-likeness (QED) is 0.803. The van der Waals surface area contributed by atoms with Crippen LogP contribution in [0.5, 0.6) is 0 Å². The van der Waals surface area contributed by atoms with Crippen LogP contribution < -0.4 is 0 Å². The lowest BCUT2D eigenvalue weighted by Crippen LogP contribution is -2.18. The van der Waals surface area contributed by atoms with E-state index in [1.54, 1.807) is 6.07 Å². The number of carbonyl (C=O) groups excluding carboxylic acids is 1. The van der Waals surface area contributed by atoms with Crippen molar-refractivity contribution in [3.63, 3.8) is 0 Å². The van der Waals surface area contributed by atoms with Gasteiger partial charge in [0.15, 0.2) is 0 Å². The first kappa shape index (κ1) is 12.2. The maximum atomic E-state index is 12.9. The first-order valence-corrected chi connectivity index (χ1v) is 6.08. The summed E-state index contributed by atoms with van der Waals surface area (Å²) in [5.41, 5.74) is 0.858. The van der Waals surface area contributed by atoms with Crippen LogP contribution in [0.3, 0.4) is 0 Å². The van der Waals surface area contributed by atoms with Crippen LogP contribution in [0.15, 0.2) is 24.3 Å². The molecule has 3 heteroatoms. The van der Waals surface area contributed by atoms with E-state index in [1.807, 2.05) is 6.07 Å². The molecule has 0 amide bonds. The summed E-state index contributed by atoms with van der Waals surface area (Å²) in [6.07, 6.45) is 3.24. The van der Waals surface area contributed by atoms with Crippen LogP contribution in [-0.2, 0) is 16.1 Å². The topological polar surface area (TPSA) is 26.3 Å². The Bertz CT molecular complexity index is 380. The van der Waals surface area contributed by atoms with Crippen LogP contribution in [0.25, 0.3) is 0 Å². The molecular formula is C14H17FO2. The van der Waals surface area contributed by atoms with E-state index in [0.29, 0.717) is 37.8 Å². The zero-order valence-electron chi connectivity index (χ0n) is 9.82. The highest BCUT2D eigenvalue weighted by Gasteiger charge is 2.18. The molecule has 0 unspecified atom stereocenters. The third-order valence-corrected chi connectivity index (χ3v) is 3.17. The van der Waals surface area contributed by atoms with Gasteiger partial charge < -0.3 is 4.74 Å². The molecule has 1 aliphatic rings. The molecule has 0 spiro atoms. The number of rotatable bonds is 4. The number of ketones is 1. The lowest BCUT2D eigenvalue weighted by molar-refractivity contribution is -0.121. The Kier molecular flexibility index (Phi) is 4.26. The molecular weight excluding hydrogens is 219 g/mol. The minimum absolute atomic E-state index is 0.227. The van der Waals surface area contributed by atoms with Crippen molar-refractivity contribution in [1.29, 1.82) is 0 Å². The first-order valence-electron chi connectivity index (χ1n) is 6.08. The molecule has 0 heterocycles. The summed E-state index contributed by atoms with van der Waals surface area (Å²) in [6, 6.07) is 6.46. The molecule has 0 atom stereocenters. The van der Waals surface area contributed by atoms with E-state index in [9.17, 15) is 9.18 Å². The predicted molar refractivity (Wildman–Crippen MR) is 63.0 cm³/mol. The fourth-order valence-electron chi connectivity index (χ4n) is 2.14. The molecule has 17 heavy (non-hydrogen) atoms. The van der Waals surface area contributed by atoms with E-state index >= 15 is 0 Å². The highest BCUT2D eigenvalue weighted by atomic mass is 19.1. The smallest absolute Gasteiger partial charge is 0.132 e. The van der Waals surface area contributed by atoms with Gasteiger partial charge in [-0.25, -0.2) is 4.39 Å². The van der Waals surface area contributed by atoms with Gasteiger partial charge in [-0.2, -0.15) is 0 Å². The van der Waals surface area contributed by atoms with Crippen molar-refractivity contribution in [2.24, 2.45) is 5.92 Å². The molecule has 0 saturated heterocycles. The minimum atomic E-state index is -0.227. The molecule has 0 aliphatic heterocycles. The van der Waals surface area contributed by atoms with Crippen molar-refractivity contribution in [1.82, 2.24) is 0 Å². The van der Waals surface area contributed by atoms with Gasteiger partial charge in [0.2, 0.25) is 0 Å². The summed E-state index contributed by atoms with van der Waals surface area (Å²) in [5, 5.41) is 0. The van der Waals surface area contributed by atoms with Crippen LogP contribution in [-0.4, -0.2) is 12.4 Å². The molecule has 2 nitrogen and oxygen atoms in total. The molecule has 1 aliphatic carbocycles. The molecule has 0 aromatic heterocycles. The van der Waals surface area contributed by atoms with Crippen molar-refractivity contribution in [3.05, 3.63) is 35.6 Å². The second-order valence-corrected chi connectivity index (χ2v) is 4.63. The molecule has 1 aromatic carbocycles. The predicted octanol–water partition coefficient (Wildman–Crippen LogP) is 3.10. The van der Waals surface area contributed by atoms with Crippen molar-refractivity contribution in [2.45, 2.75) is 32.3 Å². The zero-order chi connectivity index (χ0) is 12.1. The van der Waals surface area contributed by atoms with Crippen molar-refractivity contribution >= 4 is 5.78 Å². The minimum Gasteiger partial charge on any atom is -0.376 e. The maximum Gasteiger partial charge on any atom is 0.132 e. The van der Waals surface area contributed by atoms with E-state index in [4.69, 9.17) is 4.74 Å². The summed E-state index contributed by atoms with van der Waals surface area (Å²) >= 11 is 0. The van der Waals surface area contributed by atoms with E-state index in [0.717, 1.165) is 18.4 Å². The van der Waals surface area contributed by atoms with Gasteiger partial charge in [-0.15, -0.1) is 0 Å². The van der Waals surface area contributed by atoms with Gasteiger partial charge in [-0.1, -0.05) is 12.1 Å². The van der Waals surface area contributed by atoms with Gasteiger partial charge in [-0.05, 0) is 36.5 Å². The molecule has 92 valence electrons.